The molecule has 0 aliphatic rings. The van der Waals surface area contributed by atoms with Gasteiger partial charge in [0.2, 0.25) is 5.91 Å². The molecule has 2 atom stereocenters. The van der Waals surface area contributed by atoms with Crippen molar-refractivity contribution in [2.45, 2.75) is 31.4 Å². The summed E-state index contributed by atoms with van der Waals surface area (Å²) in [6.45, 7) is -0.812. The Morgan fingerprint density at radius 1 is 1.14 bits per heavy atom. The van der Waals surface area contributed by atoms with Gasteiger partial charge in [-0.15, -0.1) is 0 Å². The number of carbonyl (C=O) groups is 2. The minimum absolute atomic E-state index is 0.0307. The summed E-state index contributed by atoms with van der Waals surface area (Å²) in [5.74, 6) is -2.14. The van der Waals surface area contributed by atoms with Gasteiger partial charge >= 0.3 is 6.09 Å². The van der Waals surface area contributed by atoms with Crippen molar-refractivity contribution >= 4 is 28.6 Å². The number of ether oxygens (including phenoxy) is 1. The highest BCUT2D eigenvalue weighted by Crippen LogP contribution is 2.17. The zero-order chi connectivity index (χ0) is 25.4. The Morgan fingerprint density at radius 2 is 1.89 bits per heavy atom. The van der Waals surface area contributed by atoms with Crippen LogP contribution in [-0.4, -0.2) is 64.5 Å². The van der Waals surface area contributed by atoms with E-state index in [1.54, 1.807) is 12.3 Å². The fraction of sp³-hybridized carbons (Fsp3) is 0.320. The fourth-order valence-corrected chi connectivity index (χ4v) is 3.55. The van der Waals surface area contributed by atoms with Gasteiger partial charge in [-0.2, -0.15) is 0 Å². The molecule has 8 nitrogen and oxygen atoms in total. The van der Waals surface area contributed by atoms with Crippen LogP contribution in [0.2, 0.25) is 0 Å². The number of rotatable bonds is 10. The lowest BCUT2D eigenvalue weighted by atomic mass is 10.1. The molecule has 1 aromatic heterocycles. The first kappa shape index (κ1) is 26.0. The molecule has 0 bridgehead atoms. The maximum Gasteiger partial charge on any atom is 0.412 e. The van der Waals surface area contributed by atoms with Crippen LogP contribution in [0.15, 0.2) is 54.7 Å². The number of nitrogens with one attached hydrogen (secondary N) is 1. The number of aryl methyl sites for hydroxylation is 1. The number of anilines is 1. The number of nitrogens with zero attached hydrogens (tertiary/aromatic N) is 2. The average Bonchev–Trinajstić information content (AvgIpc) is 2.86. The number of benzene rings is 2. The van der Waals surface area contributed by atoms with Crippen LogP contribution in [0, 0.1) is 11.6 Å². The molecule has 35 heavy (non-hydrogen) atoms. The Hall–Kier alpha value is -3.63. The van der Waals surface area contributed by atoms with Crippen molar-refractivity contribution in [3.63, 3.8) is 0 Å². The Balaban J connectivity index is 1.59. The van der Waals surface area contributed by atoms with E-state index < -0.39 is 42.4 Å². The van der Waals surface area contributed by atoms with Gasteiger partial charge in [0.05, 0.1) is 18.8 Å². The number of aliphatic hydroxyl groups is 2. The van der Waals surface area contributed by atoms with Gasteiger partial charge < -0.3 is 19.8 Å². The number of likely N-dealkylation sites (N-methyl/N-ethyl adjacent to an activating group) is 1. The number of fused-ring (bicyclic) bond motifs is 1. The standard InChI is InChI=1S/C25H27F2N3O5/c1-30(23(33)10-9-16-7-4-8-21(26)24(16)27)19(12-20(32)14-31)15-35-25(34)29-22-11-17-5-2-3-6-18(17)13-28-22/h2-8,11,13,19-20,31-32H,9-10,12,14-15H2,1H3,(H,28,29,34)/t19-,20?/m0/s1. The van der Waals surface area contributed by atoms with Crippen LogP contribution < -0.4 is 5.32 Å². The third-order valence-electron chi connectivity index (χ3n) is 5.60. The molecule has 3 N–H and O–H groups in total. The quantitative estimate of drug-likeness (QED) is 0.405. The molecule has 2 aromatic carbocycles. The third-order valence-corrected chi connectivity index (χ3v) is 5.60. The first-order valence-electron chi connectivity index (χ1n) is 11.0. The van der Waals surface area contributed by atoms with Gasteiger partial charge in [-0.05, 0) is 35.9 Å². The van der Waals surface area contributed by atoms with Crippen molar-refractivity contribution < 1.29 is 33.3 Å². The molecule has 0 saturated heterocycles. The number of carbonyl (C=O) groups excluding carboxylic acids is 2. The van der Waals surface area contributed by atoms with E-state index in [1.165, 1.54) is 24.1 Å². The first-order valence-corrected chi connectivity index (χ1v) is 11.0. The van der Waals surface area contributed by atoms with Gasteiger partial charge in [-0.3, -0.25) is 10.1 Å². The summed E-state index contributed by atoms with van der Waals surface area (Å²) in [5, 5.41) is 23.4. The molecule has 0 spiro atoms. The lowest BCUT2D eigenvalue weighted by molar-refractivity contribution is -0.133. The van der Waals surface area contributed by atoms with Gasteiger partial charge in [0, 0.05) is 25.1 Å². The largest absolute Gasteiger partial charge is 0.447 e. The molecule has 2 amide bonds. The van der Waals surface area contributed by atoms with Crippen molar-refractivity contribution in [1.29, 1.82) is 0 Å². The molecule has 10 heteroatoms. The maximum absolute atomic E-state index is 13.9. The number of amides is 2. The van der Waals surface area contributed by atoms with Gasteiger partial charge in [0.1, 0.15) is 12.4 Å². The second kappa shape index (κ2) is 12.2. The predicted octanol–water partition coefficient (Wildman–Crippen LogP) is 3.26. The molecule has 0 aliphatic heterocycles. The van der Waals surface area contributed by atoms with Crippen molar-refractivity contribution in [2.24, 2.45) is 0 Å². The van der Waals surface area contributed by atoms with Crippen molar-refractivity contribution in [3.05, 3.63) is 71.9 Å². The van der Waals surface area contributed by atoms with E-state index in [0.29, 0.717) is 0 Å². The van der Waals surface area contributed by atoms with Gasteiger partial charge in [0.25, 0.3) is 0 Å². The van der Waals surface area contributed by atoms with Crippen LogP contribution in [0.25, 0.3) is 10.8 Å². The fourth-order valence-electron chi connectivity index (χ4n) is 3.55. The molecule has 3 aromatic rings. The molecule has 0 aliphatic carbocycles. The Labute approximate surface area is 201 Å². The summed E-state index contributed by atoms with van der Waals surface area (Å²) in [7, 11) is 1.45. The molecule has 1 heterocycles. The van der Waals surface area contributed by atoms with E-state index in [4.69, 9.17) is 4.74 Å². The molecule has 0 radical (unpaired) electrons. The van der Waals surface area contributed by atoms with Gasteiger partial charge in [0.15, 0.2) is 11.6 Å². The Morgan fingerprint density at radius 3 is 2.63 bits per heavy atom. The van der Waals surface area contributed by atoms with Crippen molar-refractivity contribution in [3.8, 4) is 0 Å². The number of pyridine rings is 1. The van der Waals surface area contributed by atoms with E-state index in [2.05, 4.69) is 10.3 Å². The monoisotopic (exact) mass is 487 g/mol. The van der Waals surface area contributed by atoms with Gasteiger partial charge in [-0.25, -0.2) is 18.6 Å². The molecule has 0 saturated carbocycles. The summed E-state index contributed by atoms with van der Waals surface area (Å²) >= 11 is 0. The van der Waals surface area contributed by atoms with Crippen molar-refractivity contribution in [2.75, 3.05) is 25.6 Å². The second-order valence-corrected chi connectivity index (χ2v) is 8.08. The zero-order valence-corrected chi connectivity index (χ0v) is 19.2. The number of halogens is 2. The summed E-state index contributed by atoms with van der Waals surface area (Å²) in [6, 6.07) is 12.2. The second-order valence-electron chi connectivity index (χ2n) is 8.08. The van der Waals surface area contributed by atoms with Crippen LogP contribution in [0.3, 0.4) is 0 Å². The topological polar surface area (TPSA) is 112 Å². The Bertz CT molecular complexity index is 1180. The van der Waals surface area contributed by atoms with E-state index in [9.17, 15) is 28.6 Å². The highest BCUT2D eigenvalue weighted by Gasteiger charge is 2.25. The average molecular weight is 488 g/mol. The van der Waals surface area contributed by atoms with Crippen LogP contribution in [0.4, 0.5) is 19.4 Å². The molecule has 186 valence electrons. The number of hydrogen-bond acceptors (Lipinski definition) is 6. The minimum Gasteiger partial charge on any atom is -0.447 e. The van der Waals surface area contributed by atoms with E-state index in [-0.39, 0.29) is 37.3 Å². The van der Waals surface area contributed by atoms with Crippen LogP contribution in [0.1, 0.15) is 18.4 Å². The molecule has 0 fully saturated rings. The summed E-state index contributed by atoms with van der Waals surface area (Å²) < 4.78 is 32.5. The number of hydrogen-bond donors (Lipinski definition) is 3. The summed E-state index contributed by atoms with van der Waals surface area (Å²) in [6.07, 6.45) is -0.565. The Kier molecular flexibility index (Phi) is 9.04. The lowest BCUT2D eigenvalue weighted by Gasteiger charge is -2.29. The SMILES string of the molecule is CN(C(=O)CCc1cccc(F)c1F)[C@H](COC(=O)Nc1cc2ccccc2cn1)CC(O)CO. The predicted molar refractivity (Wildman–Crippen MR) is 126 cm³/mol. The summed E-state index contributed by atoms with van der Waals surface area (Å²) in [4.78, 5) is 30.4. The molecular weight excluding hydrogens is 460 g/mol. The summed E-state index contributed by atoms with van der Waals surface area (Å²) in [5.41, 5.74) is 0.0669. The first-order chi connectivity index (χ1) is 16.8. The normalized spacial score (nSPS) is 12.7. The van der Waals surface area contributed by atoms with Crippen LogP contribution in [0.5, 0.6) is 0 Å². The van der Waals surface area contributed by atoms with Crippen LogP contribution in [-0.2, 0) is 16.0 Å². The highest BCUT2D eigenvalue weighted by atomic mass is 19.2. The minimum atomic E-state index is -1.15. The molecular formula is C25H27F2N3O5. The zero-order valence-electron chi connectivity index (χ0n) is 19.2. The number of aliphatic hydroxyl groups excluding tert-OH is 2. The van der Waals surface area contributed by atoms with E-state index in [0.717, 1.165) is 16.8 Å². The maximum atomic E-state index is 13.9. The third kappa shape index (κ3) is 7.17. The van der Waals surface area contributed by atoms with E-state index in [1.807, 2.05) is 24.3 Å². The van der Waals surface area contributed by atoms with Gasteiger partial charge in [-0.1, -0.05) is 36.4 Å². The van der Waals surface area contributed by atoms with Crippen LogP contribution >= 0.6 is 0 Å². The van der Waals surface area contributed by atoms with Crippen molar-refractivity contribution in [1.82, 2.24) is 9.88 Å². The lowest BCUT2D eigenvalue weighted by Crippen LogP contribution is -2.43. The number of aromatic nitrogens is 1. The highest BCUT2D eigenvalue weighted by molar-refractivity contribution is 5.89. The van der Waals surface area contributed by atoms with E-state index >= 15 is 0 Å². The molecule has 1 unspecified atom stereocenters. The molecule has 3 rings (SSSR count). The smallest absolute Gasteiger partial charge is 0.412 e.